The number of aromatic nitrogens is 2. The molecule has 1 heterocycles. The summed E-state index contributed by atoms with van der Waals surface area (Å²) in [6.45, 7) is 0.656. The Bertz CT molecular complexity index is 872. The molecule has 0 saturated carbocycles. The Morgan fingerprint density at radius 3 is 2.23 bits per heavy atom. The molecule has 26 heavy (non-hydrogen) atoms. The van der Waals surface area contributed by atoms with Gasteiger partial charge in [-0.05, 0) is 48.0 Å². The minimum atomic E-state index is -0.544. The van der Waals surface area contributed by atoms with Crippen LogP contribution in [-0.2, 0) is 11.3 Å². The molecule has 0 unspecified atom stereocenters. The lowest BCUT2D eigenvalue weighted by Gasteiger charge is -2.08. The van der Waals surface area contributed by atoms with E-state index >= 15 is 0 Å². The first kappa shape index (κ1) is 17.2. The molecule has 7 nitrogen and oxygen atoms in total. The van der Waals surface area contributed by atoms with Crippen molar-refractivity contribution in [2.24, 2.45) is 0 Å². The van der Waals surface area contributed by atoms with E-state index in [0.29, 0.717) is 23.5 Å². The third kappa shape index (κ3) is 4.47. The third-order valence-electron chi connectivity index (χ3n) is 3.69. The van der Waals surface area contributed by atoms with Crippen LogP contribution in [0.1, 0.15) is 15.9 Å². The van der Waals surface area contributed by atoms with Gasteiger partial charge in [-0.15, -0.1) is 0 Å². The van der Waals surface area contributed by atoms with Crippen LogP contribution in [0, 0.1) is 0 Å². The number of hydrogen-bond acceptors (Lipinski definition) is 4. The van der Waals surface area contributed by atoms with E-state index < -0.39 is 6.09 Å². The van der Waals surface area contributed by atoms with E-state index in [1.54, 1.807) is 42.6 Å². The van der Waals surface area contributed by atoms with Gasteiger partial charge < -0.3 is 10.1 Å². The zero-order valence-electron chi connectivity index (χ0n) is 14.2. The Labute approximate surface area is 150 Å². The molecule has 0 atom stereocenters. The van der Waals surface area contributed by atoms with Crippen LogP contribution in [0.2, 0.25) is 0 Å². The predicted molar refractivity (Wildman–Crippen MR) is 98.2 cm³/mol. The Hall–Kier alpha value is -3.61. The Morgan fingerprint density at radius 1 is 1.00 bits per heavy atom. The average Bonchev–Trinajstić information content (AvgIpc) is 3.17. The summed E-state index contributed by atoms with van der Waals surface area (Å²) >= 11 is 0. The molecule has 2 N–H and O–H groups in total. The molecule has 3 rings (SSSR count). The summed E-state index contributed by atoms with van der Waals surface area (Å²) in [5.41, 5.74) is 2.83. The number of hydrogen-bond donors (Lipinski definition) is 2. The number of methoxy groups -OCH3 is 1. The van der Waals surface area contributed by atoms with Crippen LogP contribution in [-0.4, -0.2) is 28.9 Å². The highest BCUT2D eigenvalue weighted by Gasteiger charge is 2.07. The Balaban J connectivity index is 1.59. The smallest absolute Gasteiger partial charge is 0.411 e. The summed E-state index contributed by atoms with van der Waals surface area (Å²) in [5, 5.41) is 9.52. The molecular formula is C19H18N4O3. The van der Waals surface area contributed by atoms with Gasteiger partial charge in [-0.1, -0.05) is 12.1 Å². The fraction of sp³-hybridized carbons (Fsp3) is 0.105. The quantitative estimate of drug-likeness (QED) is 0.739. The van der Waals surface area contributed by atoms with Gasteiger partial charge in [0, 0.05) is 29.3 Å². The highest BCUT2D eigenvalue weighted by Crippen LogP contribution is 2.15. The molecule has 7 heteroatoms. The molecule has 1 aromatic heterocycles. The van der Waals surface area contributed by atoms with Gasteiger partial charge in [-0.2, -0.15) is 5.10 Å². The predicted octanol–water partition coefficient (Wildman–Crippen LogP) is 3.36. The molecule has 2 aromatic carbocycles. The number of benzene rings is 2. The van der Waals surface area contributed by atoms with E-state index in [2.05, 4.69) is 20.5 Å². The number of amides is 2. The van der Waals surface area contributed by atoms with E-state index in [1.807, 2.05) is 29.1 Å². The van der Waals surface area contributed by atoms with E-state index in [1.165, 1.54) is 7.11 Å². The monoisotopic (exact) mass is 350 g/mol. The molecule has 3 aromatic rings. The standard InChI is InChI=1S/C19H18N4O3/c1-26-19(25)22-17-9-7-16(8-10-17)21-18(24)15-5-3-14(4-6-15)13-23-12-2-11-20-23/h2-12H,13H2,1H3,(H,21,24)(H,22,25). The molecule has 0 radical (unpaired) electrons. The average molecular weight is 350 g/mol. The minimum Gasteiger partial charge on any atom is -0.453 e. The second kappa shape index (κ2) is 7.98. The van der Waals surface area contributed by atoms with Crippen molar-refractivity contribution in [3.63, 3.8) is 0 Å². The first-order chi connectivity index (χ1) is 12.6. The van der Waals surface area contributed by atoms with Crippen molar-refractivity contribution in [1.82, 2.24) is 9.78 Å². The van der Waals surface area contributed by atoms with Crippen molar-refractivity contribution in [2.45, 2.75) is 6.54 Å². The highest BCUT2D eigenvalue weighted by molar-refractivity contribution is 6.04. The molecule has 0 spiro atoms. The molecule has 0 bridgehead atoms. The molecule has 132 valence electrons. The van der Waals surface area contributed by atoms with Gasteiger partial charge in [0.25, 0.3) is 5.91 Å². The van der Waals surface area contributed by atoms with Crippen molar-refractivity contribution in [3.8, 4) is 0 Å². The van der Waals surface area contributed by atoms with Crippen LogP contribution in [0.15, 0.2) is 67.0 Å². The Kier molecular flexibility index (Phi) is 5.28. The summed E-state index contributed by atoms with van der Waals surface area (Å²) in [6.07, 6.45) is 3.07. The van der Waals surface area contributed by atoms with Gasteiger partial charge in [0.15, 0.2) is 0 Å². The fourth-order valence-electron chi connectivity index (χ4n) is 2.35. The summed E-state index contributed by atoms with van der Waals surface area (Å²) in [5.74, 6) is -0.204. The SMILES string of the molecule is COC(=O)Nc1ccc(NC(=O)c2ccc(Cn3cccn3)cc2)cc1. The summed E-state index contributed by atoms with van der Waals surface area (Å²) < 4.78 is 6.34. The molecule has 0 aliphatic carbocycles. The number of carbonyl (C=O) groups excluding carboxylic acids is 2. The van der Waals surface area contributed by atoms with Gasteiger partial charge in [0.2, 0.25) is 0 Å². The summed E-state index contributed by atoms with van der Waals surface area (Å²) in [4.78, 5) is 23.5. The maximum absolute atomic E-state index is 12.3. The van der Waals surface area contributed by atoms with Crippen molar-refractivity contribution in [1.29, 1.82) is 0 Å². The Morgan fingerprint density at radius 2 is 1.65 bits per heavy atom. The van der Waals surface area contributed by atoms with Crippen LogP contribution in [0.25, 0.3) is 0 Å². The second-order valence-corrected chi connectivity index (χ2v) is 5.55. The van der Waals surface area contributed by atoms with Crippen molar-refractivity contribution in [3.05, 3.63) is 78.1 Å². The maximum atomic E-state index is 12.3. The molecule has 0 aliphatic heterocycles. The van der Waals surface area contributed by atoms with Crippen molar-refractivity contribution < 1.29 is 14.3 Å². The lowest BCUT2D eigenvalue weighted by atomic mass is 10.1. The number of carbonyl (C=O) groups is 2. The second-order valence-electron chi connectivity index (χ2n) is 5.55. The van der Waals surface area contributed by atoms with Gasteiger partial charge in [0.05, 0.1) is 13.7 Å². The zero-order chi connectivity index (χ0) is 18.4. The lowest BCUT2D eigenvalue weighted by molar-refractivity contribution is 0.102. The third-order valence-corrected chi connectivity index (χ3v) is 3.69. The lowest BCUT2D eigenvalue weighted by Crippen LogP contribution is -2.13. The van der Waals surface area contributed by atoms with E-state index in [4.69, 9.17) is 0 Å². The maximum Gasteiger partial charge on any atom is 0.411 e. The summed E-state index contributed by atoms with van der Waals surface area (Å²) in [6, 6.07) is 16.0. The molecule has 0 fully saturated rings. The van der Waals surface area contributed by atoms with Crippen LogP contribution in [0.3, 0.4) is 0 Å². The summed E-state index contributed by atoms with van der Waals surface area (Å²) in [7, 11) is 1.30. The van der Waals surface area contributed by atoms with Crippen LogP contribution >= 0.6 is 0 Å². The zero-order valence-corrected chi connectivity index (χ0v) is 14.2. The molecular weight excluding hydrogens is 332 g/mol. The number of anilines is 2. The van der Waals surface area contributed by atoms with Gasteiger partial charge in [-0.3, -0.25) is 14.8 Å². The van der Waals surface area contributed by atoms with E-state index in [9.17, 15) is 9.59 Å². The van der Waals surface area contributed by atoms with Gasteiger partial charge >= 0.3 is 6.09 Å². The van der Waals surface area contributed by atoms with Crippen LogP contribution < -0.4 is 10.6 Å². The van der Waals surface area contributed by atoms with E-state index in [-0.39, 0.29) is 5.91 Å². The number of ether oxygens (including phenoxy) is 1. The molecule has 0 aliphatic rings. The van der Waals surface area contributed by atoms with Crippen molar-refractivity contribution >= 4 is 23.4 Å². The van der Waals surface area contributed by atoms with Gasteiger partial charge in [-0.25, -0.2) is 4.79 Å². The first-order valence-electron chi connectivity index (χ1n) is 7.97. The minimum absolute atomic E-state index is 0.204. The van der Waals surface area contributed by atoms with Gasteiger partial charge in [0.1, 0.15) is 0 Å². The highest BCUT2D eigenvalue weighted by atomic mass is 16.5. The first-order valence-corrected chi connectivity index (χ1v) is 7.97. The number of nitrogens with zero attached hydrogens (tertiary/aromatic N) is 2. The van der Waals surface area contributed by atoms with Crippen LogP contribution in [0.5, 0.6) is 0 Å². The fourth-order valence-corrected chi connectivity index (χ4v) is 2.35. The number of rotatable bonds is 5. The van der Waals surface area contributed by atoms with Crippen molar-refractivity contribution in [2.75, 3.05) is 17.7 Å². The van der Waals surface area contributed by atoms with Crippen LogP contribution in [0.4, 0.5) is 16.2 Å². The normalized spacial score (nSPS) is 10.2. The number of nitrogens with one attached hydrogen (secondary N) is 2. The molecule has 0 saturated heterocycles. The topological polar surface area (TPSA) is 85.3 Å². The largest absolute Gasteiger partial charge is 0.453 e. The van der Waals surface area contributed by atoms with E-state index in [0.717, 1.165) is 5.56 Å². The molecule has 2 amide bonds.